The summed E-state index contributed by atoms with van der Waals surface area (Å²) in [6, 6.07) is 14.4. The van der Waals surface area contributed by atoms with Crippen molar-refractivity contribution in [3.05, 3.63) is 76.8 Å². The third-order valence-corrected chi connectivity index (χ3v) is 4.94. The molecule has 0 aliphatic carbocycles. The van der Waals surface area contributed by atoms with E-state index in [2.05, 4.69) is 10.3 Å². The highest BCUT2D eigenvalue weighted by Crippen LogP contribution is 2.15. The van der Waals surface area contributed by atoms with Crippen molar-refractivity contribution in [2.75, 3.05) is 5.32 Å². The van der Waals surface area contributed by atoms with Crippen molar-refractivity contribution in [1.29, 1.82) is 0 Å². The fourth-order valence-electron chi connectivity index (χ4n) is 2.51. The molecular weight excluding hydrogens is 380 g/mol. The highest BCUT2D eigenvalue weighted by molar-refractivity contribution is 7.89. The summed E-state index contributed by atoms with van der Waals surface area (Å²) in [5.74, 6) is -0.449. The first kappa shape index (κ1) is 19.5. The maximum Gasteiger partial charge on any atom is 0.254 e. The normalized spacial score (nSPS) is 11.2. The number of hydrogen-bond acceptors (Lipinski definition) is 5. The van der Waals surface area contributed by atoms with E-state index in [9.17, 15) is 18.0 Å². The van der Waals surface area contributed by atoms with Crippen LogP contribution in [0.25, 0.3) is 11.3 Å². The SMILES string of the molecule is Cc1ccc(-c2cc(=O)n(CC(=O)Nc3ccc(S(N)(=O)=O)cc3)cn2)cc1. The van der Waals surface area contributed by atoms with Crippen LogP contribution in [0.2, 0.25) is 0 Å². The van der Waals surface area contributed by atoms with Gasteiger partial charge in [0.05, 0.1) is 16.9 Å². The van der Waals surface area contributed by atoms with E-state index >= 15 is 0 Å². The van der Waals surface area contributed by atoms with Crippen molar-refractivity contribution >= 4 is 21.6 Å². The second kappa shape index (κ2) is 7.75. The summed E-state index contributed by atoms with van der Waals surface area (Å²) in [7, 11) is -3.80. The molecule has 0 bridgehead atoms. The number of nitrogens with two attached hydrogens (primary N) is 1. The van der Waals surface area contributed by atoms with Gasteiger partial charge in [0.1, 0.15) is 6.54 Å². The first-order valence-electron chi connectivity index (χ1n) is 8.28. The molecule has 0 saturated carbocycles. The molecule has 3 aromatic rings. The van der Waals surface area contributed by atoms with E-state index in [1.54, 1.807) is 0 Å². The van der Waals surface area contributed by atoms with Crippen LogP contribution in [0.15, 0.2) is 70.6 Å². The van der Waals surface area contributed by atoms with E-state index in [0.29, 0.717) is 11.4 Å². The zero-order chi connectivity index (χ0) is 20.3. The van der Waals surface area contributed by atoms with Gasteiger partial charge in [-0.25, -0.2) is 18.5 Å². The number of nitrogens with zero attached hydrogens (tertiary/aromatic N) is 2. The first-order chi connectivity index (χ1) is 13.2. The lowest BCUT2D eigenvalue weighted by Gasteiger charge is -2.08. The Kier molecular flexibility index (Phi) is 5.39. The Bertz CT molecular complexity index is 1170. The summed E-state index contributed by atoms with van der Waals surface area (Å²) in [4.78, 5) is 28.6. The zero-order valence-electron chi connectivity index (χ0n) is 15.0. The van der Waals surface area contributed by atoms with Gasteiger partial charge >= 0.3 is 0 Å². The fourth-order valence-corrected chi connectivity index (χ4v) is 3.03. The number of hydrogen-bond donors (Lipinski definition) is 2. The molecule has 0 aliphatic rings. The van der Waals surface area contributed by atoms with Crippen molar-refractivity contribution in [3.63, 3.8) is 0 Å². The Labute approximate surface area is 161 Å². The highest BCUT2D eigenvalue weighted by atomic mass is 32.2. The summed E-state index contributed by atoms with van der Waals surface area (Å²) >= 11 is 0. The van der Waals surface area contributed by atoms with E-state index in [-0.39, 0.29) is 17.0 Å². The van der Waals surface area contributed by atoms with Gasteiger partial charge in [-0.2, -0.15) is 0 Å². The Morgan fingerprint density at radius 1 is 1.11 bits per heavy atom. The minimum atomic E-state index is -3.80. The number of nitrogens with one attached hydrogen (secondary N) is 1. The lowest BCUT2D eigenvalue weighted by Crippen LogP contribution is -2.27. The summed E-state index contributed by atoms with van der Waals surface area (Å²) in [5.41, 5.74) is 2.47. The van der Waals surface area contributed by atoms with Crippen LogP contribution in [-0.2, 0) is 21.4 Å². The molecule has 0 fully saturated rings. The van der Waals surface area contributed by atoms with Crippen LogP contribution in [0.5, 0.6) is 0 Å². The van der Waals surface area contributed by atoms with Gasteiger partial charge in [-0.05, 0) is 31.2 Å². The van der Waals surface area contributed by atoms with Crippen molar-refractivity contribution in [1.82, 2.24) is 9.55 Å². The molecule has 1 heterocycles. The molecule has 8 nitrogen and oxygen atoms in total. The molecule has 0 atom stereocenters. The molecule has 0 aliphatic heterocycles. The molecule has 144 valence electrons. The van der Waals surface area contributed by atoms with E-state index < -0.39 is 15.9 Å². The monoisotopic (exact) mass is 398 g/mol. The van der Waals surface area contributed by atoms with Crippen LogP contribution < -0.4 is 16.0 Å². The minimum absolute atomic E-state index is 0.0578. The van der Waals surface area contributed by atoms with Gasteiger partial charge in [0, 0.05) is 17.3 Å². The Morgan fingerprint density at radius 3 is 2.32 bits per heavy atom. The average Bonchev–Trinajstić information content (AvgIpc) is 2.64. The van der Waals surface area contributed by atoms with Gasteiger partial charge in [0.15, 0.2) is 0 Å². The zero-order valence-corrected chi connectivity index (χ0v) is 15.8. The van der Waals surface area contributed by atoms with E-state index in [1.807, 2.05) is 31.2 Å². The summed E-state index contributed by atoms with van der Waals surface area (Å²) < 4.78 is 23.7. The molecule has 0 spiro atoms. The summed E-state index contributed by atoms with van der Waals surface area (Å²) in [6.07, 6.45) is 1.32. The average molecular weight is 398 g/mol. The summed E-state index contributed by atoms with van der Waals surface area (Å²) in [6.45, 7) is 1.74. The lowest BCUT2D eigenvalue weighted by molar-refractivity contribution is -0.116. The third-order valence-electron chi connectivity index (χ3n) is 4.01. The van der Waals surface area contributed by atoms with Gasteiger partial charge in [0.2, 0.25) is 15.9 Å². The number of aryl methyl sites for hydroxylation is 1. The molecule has 3 N–H and O–H groups in total. The van der Waals surface area contributed by atoms with Crippen molar-refractivity contribution in [2.45, 2.75) is 18.4 Å². The highest BCUT2D eigenvalue weighted by Gasteiger charge is 2.10. The fraction of sp³-hybridized carbons (Fsp3) is 0.105. The topological polar surface area (TPSA) is 124 Å². The molecular formula is C19H18N4O4S. The maximum absolute atomic E-state index is 12.3. The van der Waals surface area contributed by atoms with Crippen LogP contribution in [0.4, 0.5) is 5.69 Å². The first-order valence-corrected chi connectivity index (χ1v) is 9.83. The van der Waals surface area contributed by atoms with Crippen molar-refractivity contribution in [3.8, 4) is 11.3 Å². The van der Waals surface area contributed by atoms with Gasteiger partial charge in [-0.15, -0.1) is 0 Å². The third kappa shape index (κ3) is 4.70. The number of aromatic nitrogens is 2. The molecule has 0 radical (unpaired) electrons. The van der Waals surface area contributed by atoms with Gasteiger partial charge < -0.3 is 5.32 Å². The number of anilines is 1. The number of amides is 1. The maximum atomic E-state index is 12.3. The number of carbonyl (C=O) groups is 1. The minimum Gasteiger partial charge on any atom is -0.325 e. The Hall–Kier alpha value is -3.30. The Balaban J connectivity index is 1.70. The van der Waals surface area contributed by atoms with Crippen LogP contribution in [0, 0.1) is 6.92 Å². The van der Waals surface area contributed by atoms with Crippen molar-refractivity contribution in [2.24, 2.45) is 5.14 Å². The molecule has 2 aromatic carbocycles. The number of benzene rings is 2. The number of primary sulfonamides is 1. The quantitative estimate of drug-likeness (QED) is 0.674. The predicted octanol–water partition coefficient (Wildman–Crippen LogP) is 1.50. The lowest BCUT2D eigenvalue weighted by atomic mass is 10.1. The van der Waals surface area contributed by atoms with Crippen LogP contribution in [0.1, 0.15) is 5.56 Å². The molecule has 0 unspecified atom stereocenters. The summed E-state index contributed by atoms with van der Waals surface area (Å²) in [5, 5.41) is 7.62. The number of rotatable bonds is 5. The van der Waals surface area contributed by atoms with E-state index in [0.717, 1.165) is 11.1 Å². The van der Waals surface area contributed by atoms with Crippen LogP contribution >= 0.6 is 0 Å². The molecule has 1 aromatic heterocycles. The van der Waals surface area contributed by atoms with Gasteiger partial charge in [0.25, 0.3) is 5.56 Å². The second-order valence-electron chi connectivity index (χ2n) is 6.22. The second-order valence-corrected chi connectivity index (χ2v) is 7.79. The molecule has 9 heteroatoms. The van der Waals surface area contributed by atoms with Gasteiger partial charge in [-0.1, -0.05) is 29.8 Å². The Morgan fingerprint density at radius 2 is 1.75 bits per heavy atom. The van der Waals surface area contributed by atoms with Gasteiger partial charge in [-0.3, -0.25) is 14.2 Å². The molecule has 1 amide bonds. The van der Waals surface area contributed by atoms with Crippen LogP contribution in [0.3, 0.4) is 0 Å². The molecule has 0 saturated heterocycles. The van der Waals surface area contributed by atoms with Crippen LogP contribution in [-0.4, -0.2) is 23.9 Å². The smallest absolute Gasteiger partial charge is 0.254 e. The number of carbonyl (C=O) groups excluding carboxylic acids is 1. The number of sulfonamides is 1. The predicted molar refractivity (Wildman–Crippen MR) is 105 cm³/mol. The largest absolute Gasteiger partial charge is 0.325 e. The van der Waals surface area contributed by atoms with E-state index in [1.165, 1.54) is 41.2 Å². The molecule has 3 rings (SSSR count). The molecule has 28 heavy (non-hydrogen) atoms. The van der Waals surface area contributed by atoms with E-state index in [4.69, 9.17) is 5.14 Å². The standard InChI is InChI=1S/C19H18N4O4S/c1-13-2-4-14(5-3-13)17-10-19(25)23(12-21-17)11-18(24)22-15-6-8-16(9-7-15)28(20,26)27/h2-10,12H,11H2,1H3,(H,22,24)(H2,20,26,27). The van der Waals surface area contributed by atoms with Crippen molar-refractivity contribution < 1.29 is 13.2 Å².